The number of amides is 2. The standard InChI is InChI=1S/C25H32N4O3/c1-17-4-2-5-18(12-17)24(31)27-14-23(30)28-21-15-29(16-21)22-8-10-25(32,11-9-22)19-6-3-7-20(26)13-19/h2-7,12-13,21-22,32H,8-11,14-16,26H2,1H3,(H,27,31)(H,28,30). The third kappa shape index (κ3) is 5.11. The minimum Gasteiger partial charge on any atom is -0.399 e. The van der Waals surface area contributed by atoms with Gasteiger partial charge in [0.15, 0.2) is 0 Å². The van der Waals surface area contributed by atoms with Gasteiger partial charge < -0.3 is 21.5 Å². The summed E-state index contributed by atoms with van der Waals surface area (Å²) >= 11 is 0. The lowest BCUT2D eigenvalue weighted by Crippen LogP contribution is -2.63. The molecule has 7 heteroatoms. The first kappa shape index (κ1) is 22.3. The molecule has 2 aromatic rings. The maximum Gasteiger partial charge on any atom is 0.251 e. The van der Waals surface area contributed by atoms with Crippen LogP contribution < -0.4 is 16.4 Å². The number of aryl methyl sites for hydroxylation is 1. The summed E-state index contributed by atoms with van der Waals surface area (Å²) in [6.07, 6.45) is 3.25. The van der Waals surface area contributed by atoms with E-state index in [0.717, 1.165) is 37.1 Å². The molecule has 0 bridgehead atoms. The van der Waals surface area contributed by atoms with Gasteiger partial charge in [-0.05, 0) is 62.4 Å². The number of nitrogens with two attached hydrogens (primary N) is 1. The second-order valence-corrected chi connectivity index (χ2v) is 9.16. The van der Waals surface area contributed by atoms with Gasteiger partial charge in [0, 0.05) is 30.4 Å². The number of rotatable bonds is 6. The quantitative estimate of drug-likeness (QED) is 0.518. The highest BCUT2D eigenvalue weighted by atomic mass is 16.3. The van der Waals surface area contributed by atoms with Gasteiger partial charge in [-0.15, -0.1) is 0 Å². The molecule has 2 aromatic carbocycles. The van der Waals surface area contributed by atoms with Crippen LogP contribution in [0.3, 0.4) is 0 Å². The Balaban J connectivity index is 1.17. The number of nitrogens with zero attached hydrogens (tertiary/aromatic N) is 1. The van der Waals surface area contributed by atoms with Crippen molar-refractivity contribution in [1.29, 1.82) is 0 Å². The van der Waals surface area contributed by atoms with Gasteiger partial charge in [-0.25, -0.2) is 0 Å². The number of hydrogen-bond donors (Lipinski definition) is 4. The monoisotopic (exact) mass is 436 g/mol. The van der Waals surface area contributed by atoms with Crippen LogP contribution in [0, 0.1) is 6.92 Å². The number of benzene rings is 2. The summed E-state index contributed by atoms with van der Waals surface area (Å²) in [6.45, 7) is 3.51. The van der Waals surface area contributed by atoms with Gasteiger partial charge in [-0.3, -0.25) is 14.5 Å². The van der Waals surface area contributed by atoms with Crippen LogP contribution in [0.5, 0.6) is 0 Å². The van der Waals surface area contributed by atoms with E-state index in [2.05, 4.69) is 15.5 Å². The smallest absolute Gasteiger partial charge is 0.251 e. The first-order chi connectivity index (χ1) is 15.3. The fourth-order valence-corrected chi connectivity index (χ4v) is 4.79. The first-order valence-corrected chi connectivity index (χ1v) is 11.3. The molecule has 0 unspecified atom stereocenters. The van der Waals surface area contributed by atoms with Crippen LogP contribution in [-0.2, 0) is 10.4 Å². The Morgan fingerprint density at radius 2 is 1.84 bits per heavy atom. The van der Waals surface area contributed by atoms with E-state index in [9.17, 15) is 14.7 Å². The third-order valence-corrected chi connectivity index (χ3v) is 6.69. The molecule has 1 heterocycles. The number of carbonyl (C=O) groups is 2. The molecule has 5 N–H and O–H groups in total. The lowest BCUT2D eigenvalue weighted by molar-refractivity contribution is -0.122. The van der Waals surface area contributed by atoms with E-state index in [0.29, 0.717) is 30.1 Å². The van der Waals surface area contributed by atoms with Crippen molar-refractivity contribution in [3.05, 3.63) is 65.2 Å². The highest BCUT2D eigenvalue weighted by Crippen LogP contribution is 2.39. The van der Waals surface area contributed by atoms with Crippen molar-refractivity contribution < 1.29 is 14.7 Å². The van der Waals surface area contributed by atoms with Crippen LogP contribution in [0.15, 0.2) is 48.5 Å². The Hall–Kier alpha value is -2.90. The van der Waals surface area contributed by atoms with Gasteiger partial charge >= 0.3 is 0 Å². The molecule has 1 saturated carbocycles. The second-order valence-electron chi connectivity index (χ2n) is 9.16. The van der Waals surface area contributed by atoms with Crippen molar-refractivity contribution in [2.75, 3.05) is 25.4 Å². The molecule has 0 radical (unpaired) electrons. The normalized spacial score (nSPS) is 23.9. The van der Waals surface area contributed by atoms with E-state index in [1.54, 1.807) is 12.1 Å². The number of nitrogen functional groups attached to an aromatic ring is 1. The molecule has 1 aliphatic carbocycles. The molecule has 1 saturated heterocycles. The molecule has 0 spiro atoms. The van der Waals surface area contributed by atoms with E-state index in [4.69, 9.17) is 5.73 Å². The largest absolute Gasteiger partial charge is 0.399 e. The molecular weight excluding hydrogens is 404 g/mol. The summed E-state index contributed by atoms with van der Waals surface area (Å²) in [6, 6.07) is 15.4. The maximum absolute atomic E-state index is 12.2. The van der Waals surface area contributed by atoms with Gasteiger partial charge in [-0.1, -0.05) is 29.8 Å². The van der Waals surface area contributed by atoms with Crippen molar-refractivity contribution in [2.24, 2.45) is 0 Å². The molecule has 170 valence electrons. The molecule has 2 fully saturated rings. The van der Waals surface area contributed by atoms with Gasteiger partial charge in [-0.2, -0.15) is 0 Å². The van der Waals surface area contributed by atoms with Crippen LogP contribution in [-0.4, -0.2) is 53.5 Å². The predicted molar refractivity (Wildman–Crippen MR) is 124 cm³/mol. The van der Waals surface area contributed by atoms with Crippen molar-refractivity contribution in [2.45, 2.75) is 50.3 Å². The van der Waals surface area contributed by atoms with E-state index in [-0.39, 0.29) is 24.4 Å². The predicted octanol–water partition coefficient (Wildman–Crippen LogP) is 1.94. The summed E-state index contributed by atoms with van der Waals surface area (Å²) < 4.78 is 0. The van der Waals surface area contributed by atoms with Crippen LogP contribution in [0.1, 0.15) is 47.2 Å². The molecule has 1 aliphatic heterocycles. The van der Waals surface area contributed by atoms with Crippen LogP contribution in [0.25, 0.3) is 0 Å². The van der Waals surface area contributed by atoms with E-state index in [1.165, 1.54) is 0 Å². The van der Waals surface area contributed by atoms with Gasteiger partial charge in [0.1, 0.15) is 0 Å². The molecule has 0 aromatic heterocycles. The molecule has 2 amide bonds. The molecular formula is C25H32N4O3. The summed E-state index contributed by atoms with van der Waals surface area (Å²) in [5, 5.41) is 16.7. The van der Waals surface area contributed by atoms with Gasteiger partial charge in [0.05, 0.1) is 18.2 Å². The Bertz CT molecular complexity index is 979. The number of hydrogen-bond acceptors (Lipinski definition) is 5. The van der Waals surface area contributed by atoms with E-state index >= 15 is 0 Å². The van der Waals surface area contributed by atoms with E-state index < -0.39 is 5.60 Å². The van der Waals surface area contributed by atoms with Crippen molar-refractivity contribution in [3.63, 3.8) is 0 Å². The van der Waals surface area contributed by atoms with Crippen LogP contribution in [0.2, 0.25) is 0 Å². The second kappa shape index (κ2) is 9.30. The highest BCUT2D eigenvalue weighted by molar-refractivity contribution is 5.96. The summed E-state index contributed by atoms with van der Waals surface area (Å²) in [5.41, 5.74) is 8.22. The average molecular weight is 437 g/mol. The van der Waals surface area contributed by atoms with Crippen molar-refractivity contribution >= 4 is 17.5 Å². The van der Waals surface area contributed by atoms with E-state index in [1.807, 2.05) is 43.3 Å². The average Bonchev–Trinajstić information content (AvgIpc) is 2.75. The first-order valence-electron chi connectivity index (χ1n) is 11.3. The Morgan fingerprint density at radius 3 is 2.53 bits per heavy atom. The molecule has 2 aliphatic rings. The fourth-order valence-electron chi connectivity index (χ4n) is 4.79. The number of nitrogens with one attached hydrogen (secondary N) is 2. The summed E-state index contributed by atoms with van der Waals surface area (Å²) in [7, 11) is 0. The maximum atomic E-state index is 12.2. The van der Waals surface area contributed by atoms with Crippen molar-refractivity contribution in [1.82, 2.24) is 15.5 Å². The minimum atomic E-state index is -0.806. The Morgan fingerprint density at radius 1 is 1.12 bits per heavy atom. The SMILES string of the molecule is Cc1cccc(C(=O)NCC(=O)NC2CN(C3CCC(O)(c4cccc(N)c4)CC3)C2)c1. The highest BCUT2D eigenvalue weighted by Gasteiger charge is 2.40. The Labute approximate surface area is 189 Å². The fraction of sp³-hybridized carbons (Fsp3) is 0.440. The summed E-state index contributed by atoms with van der Waals surface area (Å²) in [4.78, 5) is 26.8. The molecule has 32 heavy (non-hydrogen) atoms. The summed E-state index contributed by atoms with van der Waals surface area (Å²) in [5.74, 6) is -0.413. The number of aliphatic hydroxyl groups is 1. The lowest BCUT2D eigenvalue weighted by atomic mass is 9.76. The van der Waals surface area contributed by atoms with Gasteiger partial charge in [0.25, 0.3) is 5.91 Å². The zero-order valence-electron chi connectivity index (χ0n) is 18.5. The van der Waals surface area contributed by atoms with Crippen molar-refractivity contribution in [3.8, 4) is 0 Å². The number of anilines is 1. The zero-order chi connectivity index (χ0) is 22.7. The lowest BCUT2D eigenvalue weighted by Gasteiger charge is -2.48. The molecule has 4 rings (SSSR count). The number of carbonyl (C=O) groups excluding carboxylic acids is 2. The topological polar surface area (TPSA) is 108 Å². The van der Waals surface area contributed by atoms with Crippen LogP contribution in [0.4, 0.5) is 5.69 Å². The zero-order valence-corrected chi connectivity index (χ0v) is 18.5. The third-order valence-electron chi connectivity index (χ3n) is 6.69. The number of likely N-dealkylation sites (tertiary alicyclic amines) is 1. The minimum absolute atomic E-state index is 0.0278. The van der Waals surface area contributed by atoms with Crippen LogP contribution >= 0.6 is 0 Å². The van der Waals surface area contributed by atoms with Gasteiger partial charge in [0.2, 0.25) is 5.91 Å². The molecule has 7 nitrogen and oxygen atoms in total. The molecule has 0 atom stereocenters. The Kier molecular flexibility index (Phi) is 6.48.